The summed E-state index contributed by atoms with van der Waals surface area (Å²) in [5.74, 6) is 1.70. The van der Waals surface area contributed by atoms with Crippen molar-refractivity contribution in [3.8, 4) is 5.75 Å². The Morgan fingerprint density at radius 1 is 0.950 bits per heavy atom. The summed E-state index contributed by atoms with van der Waals surface area (Å²) in [5, 5.41) is 10.5. The van der Waals surface area contributed by atoms with Crippen LogP contribution in [0.3, 0.4) is 0 Å². The fraction of sp³-hybridized carbons (Fsp3) is 0.684. The van der Waals surface area contributed by atoms with Crippen LogP contribution in [0.5, 0.6) is 5.75 Å². The Hall–Kier alpha value is -0.980. The molecule has 2 aliphatic rings. The van der Waals surface area contributed by atoms with E-state index >= 15 is 0 Å². The highest BCUT2D eigenvalue weighted by molar-refractivity contribution is 5.53. The van der Waals surface area contributed by atoms with Gasteiger partial charge in [0.1, 0.15) is 5.75 Å². The van der Waals surface area contributed by atoms with E-state index in [-0.39, 0.29) is 10.8 Å². The Labute approximate surface area is 123 Å². The molecule has 0 radical (unpaired) electrons. The summed E-state index contributed by atoms with van der Waals surface area (Å²) in [6.07, 6.45) is 5.11. The lowest BCUT2D eigenvalue weighted by molar-refractivity contribution is 0.264. The predicted molar refractivity (Wildman–Crippen MR) is 84.5 cm³/mol. The molecule has 0 bridgehead atoms. The highest BCUT2D eigenvalue weighted by Gasteiger charge is 2.49. The molecule has 1 saturated carbocycles. The molecule has 1 unspecified atom stereocenters. The third-order valence-corrected chi connectivity index (χ3v) is 6.52. The van der Waals surface area contributed by atoms with Crippen LogP contribution in [-0.4, -0.2) is 5.11 Å². The van der Waals surface area contributed by atoms with Gasteiger partial charge in [0.15, 0.2) is 0 Å². The first-order valence-corrected chi connectivity index (χ1v) is 8.14. The number of phenols is 1. The molecule has 1 fully saturated rings. The van der Waals surface area contributed by atoms with Crippen LogP contribution in [0, 0.1) is 5.92 Å². The average Bonchev–Trinajstić information content (AvgIpc) is 2.93. The SMILES string of the molecule is CC1C(C)(C)c2cc(O)c(C3CCCC3)cc2C1(C)C. The van der Waals surface area contributed by atoms with Crippen molar-refractivity contribution in [3.63, 3.8) is 0 Å². The number of hydrogen-bond acceptors (Lipinski definition) is 1. The molecule has 1 heteroatoms. The summed E-state index contributed by atoms with van der Waals surface area (Å²) in [7, 11) is 0. The predicted octanol–water partition coefficient (Wildman–Crippen LogP) is 5.25. The zero-order valence-corrected chi connectivity index (χ0v) is 13.6. The largest absolute Gasteiger partial charge is 0.508 e. The third-order valence-electron chi connectivity index (χ3n) is 6.52. The average molecular weight is 272 g/mol. The van der Waals surface area contributed by atoms with Crippen molar-refractivity contribution < 1.29 is 5.11 Å². The van der Waals surface area contributed by atoms with Gasteiger partial charge in [-0.15, -0.1) is 0 Å². The molecule has 1 nitrogen and oxygen atoms in total. The van der Waals surface area contributed by atoms with E-state index in [9.17, 15) is 5.11 Å². The Balaban J connectivity index is 2.16. The van der Waals surface area contributed by atoms with Crippen LogP contribution in [-0.2, 0) is 10.8 Å². The maximum atomic E-state index is 10.5. The second kappa shape index (κ2) is 4.26. The van der Waals surface area contributed by atoms with E-state index in [0.717, 1.165) is 0 Å². The van der Waals surface area contributed by atoms with E-state index in [1.165, 1.54) is 42.4 Å². The molecule has 3 rings (SSSR count). The third kappa shape index (κ3) is 1.75. The quantitative estimate of drug-likeness (QED) is 0.740. The first-order valence-electron chi connectivity index (χ1n) is 8.14. The number of benzene rings is 1. The Morgan fingerprint density at radius 2 is 1.45 bits per heavy atom. The minimum atomic E-state index is 0.143. The van der Waals surface area contributed by atoms with Gasteiger partial charge in [0.2, 0.25) is 0 Å². The highest BCUT2D eigenvalue weighted by Crippen LogP contribution is 2.55. The van der Waals surface area contributed by atoms with Gasteiger partial charge in [-0.3, -0.25) is 0 Å². The molecular weight excluding hydrogens is 244 g/mol. The van der Waals surface area contributed by atoms with E-state index < -0.39 is 0 Å². The van der Waals surface area contributed by atoms with Gasteiger partial charge in [-0.05, 0) is 58.3 Å². The second-order valence-corrected chi connectivity index (χ2v) is 8.10. The zero-order valence-electron chi connectivity index (χ0n) is 13.6. The fourth-order valence-electron chi connectivity index (χ4n) is 4.60. The fourth-order valence-corrected chi connectivity index (χ4v) is 4.60. The summed E-state index contributed by atoms with van der Waals surface area (Å²) in [4.78, 5) is 0. The Kier molecular flexibility index (Phi) is 2.97. The van der Waals surface area contributed by atoms with E-state index in [0.29, 0.717) is 17.6 Å². The maximum absolute atomic E-state index is 10.5. The van der Waals surface area contributed by atoms with Crippen molar-refractivity contribution >= 4 is 0 Å². The monoisotopic (exact) mass is 272 g/mol. The summed E-state index contributed by atoms with van der Waals surface area (Å²) >= 11 is 0. The van der Waals surface area contributed by atoms with E-state index in [1.54, 1.807) is 0 Å². The van der Waals surface area contributed by atoms with Crippen LogP contribution in [0.1, 0.15) is 82.9 Å². The van der Waals surface area contributed by atoms with E-state index in [1.807, 2.05) is 0 Å². The molecule has 2 aliphatic carbocycles. The van der Waals surface area contributed by atoms with Crippen molar-refractivity contribution in [2.75, 3.05) is 0 Å². The number of phenolic OH excluding ortho intramolecular Hbond substituents is 1. The molecule has 0 saturated heterocycles. The minimum Gasteiger partial charge on any atom is -0.508 e. The van der Waals surface area contributed by atoms with E-state index in [2.05, 4.69) is 46.8 Å². The lowest BCUT2D eigenvalue weighted by Gasteiger charge is -2.32. The van der Waals surface area contributed by atoms with Crippen molar-refractivity contribution in [3.05, 3.63) is 28.8 Å². The molecule has 0 heterocycles. The van der Waals surface area contributed by atoms with E-state index in [4.69, 9.17) is 0 Å². The topological polar surface area (TPSA) is 20.2 Å². The van der Waals surface area contributed by atoms with Crippen LogP contribution in [0.2, 0.25) is 0 Å². The molecule has 20 heavy (non-hydrogen) atoms. The zero-order chi connectivity index (χ0) is 14.7. The summed E-state index contributed by atoms with van der Waals surface area (Å²) in [5.41, 5.74) is 4.37. The summed E-state index contributed by atoms with van der Waals surface area (Å²) in [6.45, 7) is 11.7. The molecule has 0 aliphatic heterocycles. The first-order chi connectivity index (χ1) is 9.26. The van der Waals surface area contributed by atoms with Crippen LogP contribution in [0.15, 0.2) is 12.1 Å². The van der Waals surface area contributed by atoms with Gasteiger partial charge in [-0.25, -0.2) is 0 Å². The summed E-state index contributed by atoms with van der Waals surface area (Å²) in [6, 6.07) is 4.42. The number of hydrogen-bond donors (Lipinski definition) is 1. The number of rotatable bonds is 1. The normalized spacial score (nSPS) is 27.8. The molecule has 0 aromatic heterocycles. The van der Waals surface area contributed by atoms with Gasteiger partial charge in [0.25, 0.3) is 0 Å². The van der Waals surface area contributed by atoms with Gasteiger partial charge < -0.3 is 5.11 Å². The maximum Gasteiger partial charge on any atom is 0.119 e. The molecule has 1 atom stereocenters. The van der Waals surface area contributed by atoms with Crippen LogP contribution in [0.25, 0.3) is 0 Å². The van der Waals surface area contributed by atoms with Crippen LogP contribution in [0.4, 0.5) is 0 Å². The standard InChI is InChI=1S/C19H28O/c1-12-18(2,3)15-10-14(13-8-6-7-9-13)17(20)11-16(15)19(12,4)5/h10-13,20H,6-9H2,1-5H3. The molecule has 0 amide bonds. The van der Waals surface area contributed by atoms with Gasteiger partial charge in [0.05, 0.1) is 0 Å². The Bertz CT molecular complexity index is 533. The number of fused-ring (bicyclic) bond motifs is 1. The molecule has 110 valence electrons. The Morgan fingerprint density at radius 3 is 2.00 bits per heavy atom. The first kappa shape index (κ1) is 14.0. The van der Waals surface area contributed by atoms with Crippen molar-refractivity contribution in [1.29, 1.82) is 0 Å². The van der Waals surface area contributed by atoms with Crippen molar-refractivity contribution in [2.24, 2.45) is 5.92 Å². The molecular formula is C19H28O. The van der Waals surface area contributed by atoms with Crippen LogP contribution < -0.4 is 0 Å². The smallest absolute Gasteiger partial charge is 0.119 e. The minimum absolute atomic E-state index is 0.143. The van der Waals surface area contributed by atoms with Crippen molar-refractivity contribution in [1.82, 2.24) is 0 Å². The molecule has 0 spiro atoms. The van der Waals surface area contributed by atoms with Gasteiger partial charge in [0, 0.05) is 0 Å². The lowest BCUT2D eigenvalue weighted by atomic mass is 9.71. The lowest BCUT2D eigenvalue weighted by Crippen LogP contribution is -2.30. The molecule has 1 N–H and O–H groups in total. The van der Waals surface area contributed by atoms with Gasteiger partial charge in [-0.2, -0.15) is 0 Å². The second-order valence-electron chi connectivity index (χ2n) is 8.10. The van der Waals surface area contributed by atoms with Gasteiger partial charge >= 0.3 is 0 Å². The highest BCUT2D eigenvalue weighted by atomic mass is 16.3. The molecule has 1 aromatic carbocycles. The molecule has 1 aromatic rings. The van der Waals surface area contributed by atoms with Gasteiger partial charge in [-0.1, -0.05) is 53.5 Å². The summed E-state index contributed by atoms with van der Waals surface area (Å²) < 4.78 is 0. The van der Waals surface area contributed by atoms with Crippen LogP contribution >= 0.6 is 0 Å². The van der Waals surface area contributed by atoms with Crippen molar-refractivity contribution in [2.45, 2.75) is 77.0 Å². The number of aromatic hydroxyl groups is 1.